The lowest BCUT2D eigenvalue weighted by Crippen LogP contribution is -2.21. The Bertz CT molecular complexity index is 706. The van der Waals surface area contributed by atoms with Gasteiger partial charge in [-0.15, -0.1) is 0 Å². The Labute approximate surface area is 124 Å². The SMILES string of the molecule is Cn1ncc(Cl)c1C(=O)N/N=C\c1cccc([N+](=O)[O-])c1. The number of nitrogens with zero attached hydrogens (tertiary/aromatic N) is 4. The van der Waals surface area contributed by atoms with Gasteiger partial charge in [-0.25, -0.2) is 5.43 Å². The minimum Gasteiger partial charge on any atom is -0.266 e. The number of amides is 1. The number of aromatic nitrogens is 2. The zero-order chi connectivity index (χ0) is 15.4. The molecule has 0 aliphatic carbocycles. The summed E-state index contributed by atoms with van der Waals surface area (Å²) in [5, 5.41) is 18.4. The first-order chi connectivity index (χ1) is 9.99. The molecule has 0 saturated heterocycles. The standard InChI is InChI=1S/C12H10ClN5O3/c1-17-11(10(13)7-15-17)12(19)16-14-6-8-3-2-4-9(5-8)18(20)21/h2-7H,1H3,(H,16,19)/b14-6-. The second kappa shape index (κ2) is 6.14. The molecule has 21 heavy (non-hydrogen) atoms. The summed E-state index contributed by atoms with van der Waals surface area (Å²) in [6.45, 7) is 0. The molecule has 1 aromatic heterocycles. The first-order valence-electron chi connectivity index (χ1n) is 5.74. The van der Waals surface area contributed by atoms with Gasteiger partial charge in [-0.1, -0.05) is 23.7 Å². The number of nitrogens with one attached hydrogen (secondary N) is 1. The van der Waals surface area contributed by atoms with Crippen molar-refractivity contribution in [2.75, 3.05) is 0 Å². The van der Waals surface area contributed by atoms with Crippen LogP contribution < -0.4 is 5.43 Å². The van der Waals surface area contributed by atoms with Crippen LogP contribution in [-0.4, -0.2) is 26.8 Å². The van der Waals surface area contributed by atoms with Crippen molar-refractivity contribution in [2.45, 2.75) is 0 Å². The maximum atomic E-state index is 11.8. The third kappa shape index (κ3) is 3.42. The summed E-state index contributed by atoms with van der Waals surface area (Å²) in [6.07, 6.45) is 2.65. The van der Waals surface area contributed by atoms with Gasteiger partial charge in [0.25, 0.3) is 11.6 Å². The van der Waals surface area contributed by atoms with Gasteiger partial charge < -0.3 is 0 Å². The van der Waals surface area contributed by atoms with Crippen LogP contribution in [0.3, 0.4) is 0 Å². The molecule has 1 N–H and O–H groups in total. The second-order valence-electron chi connectivity index (χ2n) is 4.02. The highest BCUT2D eigenvalue weighted by molar-refractivity contribution is 6.33. The van der Waals surface area contributed by atoms with E-state index in [2.05, 4.69) is 15.6 Å². The molecule has 2 aromatic rings. The maximum Gasteiger partial charge on any atom is 0.291 e. The van der Waals surface area contributed by atoms with E-state index >= 15 is 0 Å². The van der Waals surface area contributed by atoms with Gasteiger partial charge in [-0.2, -0.15) is 10.2 Å². The minimum absolute atomic E-state index is 0.0556. The molecular formula is C12H10ClN5O3. The molecule has 0 aliphatic rings. The molecule has 0 spiro atoms. The summed E-state index contributed by atoms with van der Waals surface area (Å²) in [4.78, 5) is 22.0. The van der Waals surface area contributed by atoms with E-state index < -0.39 is 10.8 Å². The predicted octanol–water partition coefficient (Wildman–Crippen LogP) is 1.75. The van der Waals surface area contributed by atoms with E-state index in [1.54, 1.807) is 13.1 Å². The molecule has 0 saturated carbocycles. The molecule has 1 amide bonds. The van der Waals surface area contributed by atoms with Gasteiger partial charge in [0.2, 0.25) is 0 Å². The number of carbonyl (C=O) groups excluding carboxylic acids is 1. The Morgan fingerprint density at radius 1 is 1.57 bits per heavy atom. The molecule has 1 aromatic carbocycles. The van der Waals surface area contributed by atoms with Crippen molar-refractivity contribution >= 4 is 29.4 Å². The summed E-state index contributed by atoms with van der Waals surface area (Å²) in [5.74, 6) is -0.526. The zero-order valence-corrected chi connectivity index (χ0v) is 11.6. The van der Waals surface area contributed by atoms with Crippen LogP contribution in [0, 0.1) is 10.1 Å². The molecule has 8 nitrogen and oxygen atoms in total. The van der Waals surface area contributed by atoms with Crippen LogP contribution in [-0.2, 0) is 7.05 Å². The normalized spacial score (nSPS) is 10.8. The number of aryl methyl sites for hydroxylation is 1. The molecule has 0 aliphatic heterocycles. The molecule has 0 bridgehead atoms. The summed E-state index contributed by atoms with van der Waals surface area (Å²) < 4.78 is 1.32. The van der Waals surface area contributed by atoms with Crippen molar-refractivity contribution in [3.63, 3.8) is 0 Å². The van der Waals surface area contributed by atoms with Crippen molar-refractivity contribution in [3.05, 3.63) is 56.9 Å². The van der Waals surface area contributed by atoms with E-state index in [1.807, 2.05) is 0 Å². The Hall–Kier alpha value is -2.74. The summed E-state index contributed by atoms with van der Waals surface area (Å²) >= 11 is 5.82. The lowest BCUT2D eigenvalue weighted by atomic mass is 10.2. The number of hydrogen-bond acceptors (Lipinski definition) is 5. The largest absolute Gasteiger partial charge is 0.291 e. The molecule has 2 rings (SSSR count). The monoisotopic (exact) mass is 307 g/mol. The molecule has 1 heterocycles. The predicted molar refractivity (Wildman–Crippen MR) is 76.4 cm³/mol. The summed E-state index contributed by atoms with van der Waals surface area (Å²) in [6, 6.07) is 5.86. The van der Waals surface area contributed by atoms with Crippen LogP contribution in [0.25, 0.3) is 0 Å². The molecule has 9 heteroatoms. The van der Waals surface area contributed by atoms with E-state index in [4.69, 9.17) is 11.6 Å². The lowest BCUT2D eigenvalue weighted by Gasteiger charge is -2.00. The van der Waals surface area contributed by atoms with E-state index in [-0.39, 0.29) is 16.4 Å². The Balaban J connectivity index is 2.07. The Kier molecular flexibility index (Phi) is 4.29. The number of carbonyl (C=O) groups is 1. The number of benzene rings is 1. The fourth-order valence-corrected chi connectivity index (χ4v) is 1.85. The summed E-state index contributed by atoms with van der Waals surface area (Å²) in [5.41, 5.74) is 2.88. The van der Waals surface area contributed by atoms with Crippen LogP contribution in [0.2, 0.25) is 5.02 Å². The van der Waals surface area contributed by atoms with Gasteiger partial charge in [0, 0.05) is 24.7 Å². The Morgan fingerprint density at radius 3 is 2.95 bits per heavy atom. The molecule has 0 fully saturated rings. The highest BCUT2D eigenvalue weighted by Crippen LogP contribution is 2.14. The van der Waals surface area contributed by atoms with Crippen LogP contribution >= 0.6 is 11.6 Å². The van der Waals surface area contributed by atoms with Crippen LogP contribution in [0.5, 0.6) is 0 Å². The number of nitro benzene ring substituents is 1. The van der Waals surface area contributed by atoms with Crippen molar-refractivity contribution in [1.29, 1.82) is 0 Å². The van der Waals surface area contributed by atoms with Gasteiger partial charge in [0.1, 0.15) is 5.69 Å². The van der Waals surface area contributed by atoms with Gasteiger partial charge in [-0.05, 0) is 0 Å². The van der Waals surface area contributed by atoms with Crippen molar-refractivity contribution in [1.82, 2.24) is 15.2 Å². The zero-order valence-electron chi connectivity index (χ0n) is 10.9. The molecule has 108 valence electrons. The third-order valence-corrected chi connectivity index (χ3v) is 2.85. The highest BCUT2D eigenvalue weighted by atomic mass is 35.5. The lowest BCUT2D eigenvalue weighted by molar-refractivity contribution is -0.384. The molecule has 0 radical (unpaired) electrons. The van der Waals surface area contributed by atoms with Crippen LogP contribution in [0.4, 0.5) is 5.69 Å². The maximum absolute atomic E-state index is 11.8. The Morgan fingerprint density at radius 2 is 2.33 bits per heavy atom. The number of halogens is 1. The first kappa shape index (κ1) is 14.7. The van der Waals surface area contributed by atoms with E-state index in [9.17, 15) is 14.9 Å². The number of nitro groups is 1. The number of hydrogen-bond donors (Lipinski definition) is 1. The first-order valence-corrected chi connectivity index (χ1v) is 6.12. The van der Waals surface area contributed by atoms with Crippen molar-refractivity contribution in [2.24, 2.45) is 12.1 Å². The van der Waals surface area contributed by atoms with Gasteiger partial charge in [-0.3, -0.25) is 19.6 Å². The van der Waals surface area contributed by atoms with Crippen LogP contribution in [0.15, 0.2) is 35.6 Å². The topological polar surface area (TPSA) is 102 Å². The van der Waals surface area contributed by atoms with Crippen molar-refractivity contribution < 1.29 is 9.72 Å². The minimum atomic E-state index is -0.526. The van der Waals surface area contributed by atoms with E-state index in [0.717, 1.165) is 0 Å². The fourth-order valence-electron chi connectivity index (χ4n) is 1.60. The van der Waals surface area contributed by atoms with Gasteiger partial charge >= 0.3 is 0 Å². The van der Waals surface area contributed by atoms with Crippen molar-refractivity contribution in [3.8, 4) is 0 Å². The fraction of sp³-hybridized carbons (Fsp3) is 0.0833. The van der Waals surface area contributed by atoms with Gasteiger partial charge in [0.05, 0.1) is 22.4 Å². The highest BCUT2D eigenvalue weighted by Gasteiger charge is 2.14. The summed E-state index contributed by atoms with van der Waals surface area (Å²) in [7, 11) is 1.57. The number of rotatable bonds is 4. The average Bonchev–Trinajstić information content (AvgIpc) is 2.78. The molecular weight excluding hydrogens is 298 g/mol. The molecule has 0 atom stereocenters. The second-order valence-corrected chi connectivity index (χ2v) is 4.42. The third-order valence-electron chi connectivity index (χ3n) is 2.57. The van der Waals surface area contributed by atoms with Crippen LogP contribution in [0.1, 0.15) is 16.1 Å². The number of non-ortho nitro benzene ring substituents is 1. The quantitative estimate of drug-likeness (QED) is 0.528. The van der Waals surface area contributed by atoms with Gasteiger partial charge in [0.15, 0.2) is 0 Å². The molecule has 0 unspecified atom stereocenters. The average molecular weight is 308 g/mol. The number of hydrazone groups is 1. The smallest absolute Gasteiger partial charge is 0.266 e. The van der Waals surface area contributed by atoms with E-state index in [1.165, 1.54) is 35.3 Å². The van der Waals surface area contributed by atoms with E-state index in [0.29, 0.717) is 5.56 Å².